The van der Waals surface area contributed by atoms with Crippen molar-refractivity contribution in [3.8, 4) is 17.1 Å². The number of carbonyl (C=O) groups is 1. The number of ether oxygens (including phenoxy) is 2. The average Bonchev–Trinajstić information content (AvgIpc) is 3.44. The van der Waals surface area contributed by atoms with Crippen molar-refractivity contribution < 1.29 is 14.3 Å². The number of halogens is 1. The van der Waals surface area contributed by atoms with E-state index in [9.17, 15) is 4.79 Å². The fourth-order valence-electron chi connectivity index (χ4n) is 3.82. The molecule has 3 heterocycles. The maximum Gasteiger partial charge on any atom is 0.415 e. The second kappa shape index (κ2) is 8.87. The Labute approximate surface area is 194 Å². The van der Waals surface area contributed by atoms with E-state index in [1.54, 1.807) is 54.7 Å². The van der Waals surface area contributed by atoms with Crippen molar-refractivity contribution in [3.05, 3.63) is 83.6 Å². The van der Waals surface area contributed by atoms with Gasteiger partial charge in [0.15, 0.2) is 0 Å². The topological polar surface area (TPSA) is 95.3 Å². The summed E-state index contributed by atoms with van der Waals surface area (Å²) in [5, 5.41) is 13.3. The SMILES string of the molecule is COc1cccc([C@H]2[C@H](Cn3nnc(-c4cccnc4)n3)OC(=O)N2c2ccc(Cl)cc2)c1. The molecule has 0 aliphatic carbocycles. The molecule has 5 rings (SSSR count). The molecule has 0 bridgehead atoms. The quantitative estimate of drug-likeness (QED) is 0.424. The minimum atomic E-state index is -0.573. The number of cyclic esters (lactones) is 1. The normalized spacial score (nSPS) is 17.8. The van der Waals surface area contributed by atoms with Crippen LogP contribution in [0.15, 0.2) is 73.1 Å². The van der Waals surface area contributed by atoms with E-state index in [1.807, 2.05) is 30.3 Å². The molecule has 1 amide bonds. The van der Waals surface area contributed by atoms with Gasteiger partial charge in [-0.3, -0.25) is 9.88 Å². The minimum Gasteiger partial charge on any atom is -0.497 e. The number of methoxy groups -OCH3 is 1. The second-order valence-electron chi connectivity index (χ2n) is 7.40. The van der Waals surface area contributed by atoms with Gasteiger partial charge in [-0.2, -0.15) is 4.80 Å². The van der Waals surface area contributed by atoms with E-state index in [4.69, 9.17) is 21.1 Å². The van der Waals surface area contributed by atoms with Gasteiger partial charge >= 0.3 is 6.09 Å². The van der Waals surface area contributed by atoms with Crippen LogP contribution in [0.2, 0.25) is 5.02 Å². The van der Waals surface area contributed by atoms with Crippen LogP contribution in [0.1, 0.15) is 11.6 Å². The Balaban J connectivity index is 1.49. The molecule has 0 unspecified atom stereocenters. The zero-order valence-corrected chi connectivity index (χ0v) is 18.3. The Hall–Kier alpha value is -3.98. The van der Waals surface area contributed by atoms with Gasteiger partial charge in [0, 0.05) is 28.7 Å². The number of rotatable bonds is 6. The number of hydrogen-bond donors (Lipinski definition) is 0. The van der Waals surface area contributed by atoms with E-state index in [-0.39, 0.29) is 6.54 Å². The van der Waals surface area contributed by atoms with Crippen molar-refractivity contribution in [3.63, 3.8) is 0 Å². The lowest BCUT2D eigenvalue weighted by atomic mass is 9.99. The van der Waals surface area contributed by atoms with Gasteiger partial charge in [0.05, 0.1) is 7.11 Å². The standard InChI is InChI=1S/C23H19ClN6O3/c1-32-19-6-2-4-15(12-19)21-20(33-23(31)30(21)18-9-7-17(24)8-10-18)14-29-27-22(26-28-29)16-5-3-11-25-13-16/h2-13,20-21H,14H2,1H3/t20-,21-/m0/s1. The first kappa shape index (κ1) is 20.9. The van der Waals surface area contributed by atoms with Crippen molar-refractivity contribution in [1.82, 2.24) is 25.2 Å². The van der Waals surface area contributed by atoms with Crippen LogP contribution in [-0.4, -0.2) is 44.5 Å². The summed E-state index contributed by atoms with van der Waals surface area (Å²) in [6, 6.07) is 17.8. The first-order chi connectivity index (χ1) is 16.1. The van der Waals surface area contributed by atoms with Crippen LogP contribution in [0.3, 0.4) is 0 Å². The second-order valence-corrected chi connectivity index (χ2v) is 7.84. The first-order valence-electron chi connectivity index (χ1n) is 10.2. The Morgan fingerprint density at radius 3 is 2.73 bits per heavy atom. The molecule has 1 fully saturated rings. The Morgan fingerprint density at radius 1 is 1.12 bits per heavy atom. The van der Waals surface area contributed by atoms with Crippen molar-refractivity contribution in [2.75, 3.05) is 12.0 Å². The number of pyridine rings is 1. The van der Waals surface area contributed by atoms with Crippen LogP contribution in [0.5, 0.6) is 5.75 Å². The molecule has 1 aliphatic rings. The average molecular weight is 463 g/mol. The van der Waals surface area contributed by atoms with Gasteiger partial charge in [-0.25, -0.2) is 4.79 Å². The highest BCUT2D eigenvalue weighted by molar-refractivity contribution is 6.30. The molecule has 0 radical (unpaired) electrons. The van der Waals surface area contributed by atoms with E-state index in [0.29, 0.717) is 22.3 Å². The summed E-state index contributed by atoms with van der Waals surface area (Å²) >= 11 is 6.05. The molecule has 0 spiro atoms. The van der Waals surface area contributed by atoms with Crippen LogP contribution in [0.4, 0.5) is 10.5 Å². The fourth-order valence-corrected chi connectivity index (χ4v) is 3.94. The van der Waals surface area contributed by atoms with Gasteiger partial charge in [0.25, 0.3) is 0 Å². The molecule has 1 saturated heterocycles. The van der Waals surface area contributed by atoms with Crippen molar-refractivity contribution in [2.45, 2.75) is 18.7 Å². The molecule has 166 valence electrons. The maximum atomic E-state index is 13.0. The largest absolute Gasteiger partial charge is 0.497 e. The lowest BCUT2D eigenvalue weighted by Crippen LogP contribution is -2.31. The summed E-state index contributed by atoms with van der Waals surface area (Å²) in [4.78, 5) is 20.1. The van der Waals surface area contributed by atoms with Crippen molar-refractivity contribution in [1.29, 1.82) is 0 Å². The molecule has 0 N–H and O–H groups in total. The number of carbonyl (C=O) groups excluding carboxylic acids is 1. The van der Waals surface area contributed by atoms with Gasteiger partial charge in [0.1, 0.15) is 24.4 Å². The van der Waals surface area contributed by atoms with Crippen LogP contribution in [-0.2, 0) is 11.3 Å². The zero-order chi connectivity index (χ0) is 22.8. The Morgan fingerprint density at radius 2 is 1.97 bits per heavy atom. The molecular formula is C23H19ClN6O3. The van der Waals surface area contributed by atoms with Gasteiger partial charge in [-0.15, -0.1) is 10.2 Å². The van der Waals surface area contributed by atoms with E-state index >= 15 is 0 Å². The molecule has 2 atom stereocenters. The number of hydrogen-bond acceptors (Lipinski definition) is 7. The molecular weight excluding hydrogens is 444 g/mol. The fraction of sp³-hybridized carbons (Fsp3) is 0.174. The van der Waals surface area contributed by atoms with E-state index in [1.165, 1.54) is 4.80 Å². The molecule has 2 aromatic heterocycles. The number of nitrogens with zero attached hydrogens (tertiary/aromatic N) is 6. The highest BCUT2D eigenvalue weighted by atomic mass is 35.5. The lowest BCUT2D eigenvalue weighted by Gasteiger charge is -2.25. The first-order valence-corrected chi connectivity index (χ1v) is 10.6. The summed E-state index contributed by atoms with van der Waals surface area (Å²) in [7, 11) is 1.60. The van der Waals surface area contributed by atoms with Crippen LogP contribution < -0.4 is 9.64 Å². The summed E-state index contributed by atoms with van der Waals surface area (Å²) in [5.74, 6) is 1.12. The molecule has 10 heteroatoms. The predicted octanol–water partition coefficient (Wildman–Crippen LogP) is 4.16. The summed E-state index contributed by atoms with van der Waals surface area (Å²) in [5.41, 5.74) is 2.27. The minimum absolute atomic E-state index is 0.213. The number of amides is 1. The lowest BCUT2D eigenvalue weighted by molar-refractivity contribution is 0.114. The van der Waals surface area contributed by atoms with E-state index < -0.39 is 18.2 Å². The predicted molar refractivity (Wildman–Crippen MR) is 121 cm³/mol. The van der Waals surface area contributed by atoms with Crippen LogP contribution in [0.25, 0.3) is 11.4 Å². The number of benzene rings is 2. The molecule has 33 heavy (non-hydrogen) atoms. The van der Waals surface area contributed by atoms with Crippen molar-refractivity contribution in [2.24, 2.45) is 0 Å². The Kier molecular flexibility index (Phi) is 5.62. The number of tetrazole rings is 1. The molecule has 2 aromatic carbocycles. The third kappa shape index (κ3) is 4.22. The van der Waals surface area contributed by atoms with Gasteiger partial charge < -0.3 is 9.47 Å². The summed E-state index contributed by atoms with van der Waals surface area (Å²) < 4.78 is 11.2. The summed E-state index contributed by atoms with van der Waals surface area (Å²) in [6.07, 6.45) is 2.30. The number of anilines is 1. The van der Waals surface area contributed by atoms with Gasteiger partial charge in [-0.05, 0) is 59.3 Å². The highest BCUT2D eigenvalue weighted by Gasteiger charge is 2.44. The van der Waals surface area contributed by atoms with Crippen LogP contribution >= 0.6 is 11.6 Å². The third-order valence-electron chi connectivity index (χ3n) is 5.34. The molecule has 4 aromatic rings. The smallest absolute Gasteiger partial charge is 0.415 e. The highest BCUT2D eigenvalue weighted by Crippen LogP contribution is 2.39. The van der Waals surface area contributed by atoms with E-state index in [2.05, 4.69) is 20.4 Å². The van der Waals surface area contributed by atoms with Gasteiger partial charge in [0.2, 0.25) is 5.82 Å². The van der Waals surface area contributed by atoms with Crippen molar-refractivity contribution >= 4 is 23.4 Å². The molecule has 9 nitrogen and oxygen atoms in total. The summed E-state index contributed by atoms with van der Waals surface area (Å²) in [6.45, 7) is 0.213. The van der Waals surface area contributed by atoms with E-state index in [0.717, 1.165) is 11.1 Å². The van der Waals surface area contributed by atoms with Crippen LogP contribution in [0, 0.1) is 0 Å². The molecule has 0 saturated carbocycles. The molecule has 1 aliphatic heterocycles. The Bertz CT molecular complexity index is 1260. The monoisotopic (exact) mass is 462 g/mol. The maximum absolute atomic E-state index is 13.0. The number of aromatic nitrogens is 5. The van der Waals surface area contributed by atoms with Gasteiger partial charge in [-0.1, -0.05) is 23.7 Å². The zero-order valence-electron chi connectivity index (χ0n) is 17.6. The third-order valence-corrected chi connectivity index (χ3v) is 5.59.